The van der Waals surface area contributed by atoms with Crippen molar-refractivity contribution in [3.05, 3.63) is 29.0 Å². The normalized spacial score (nSPS) is 10.5. The number of carboxylic acids is 1. The highest BCUT2D eigenvalue weighted by Crippen LogP contribution is 2.19. The third-order valence-electron chi connectivity index (χ3n) is 1.68. The number of carbonyl (C=O) groups excluding carboxylic acids is 1. The zero-order valence-electron chi connectivity index (χ0n) is 6.37. The Morgan fingerprint density at radius 3 is 3.08 bits per heavy atom. The molecule has 13 heavy (non-hydrogen) atoms. The average Bonchev–Trinajstić information content (AvgIpc) is 2.48. The van der Waals surface area contributed by atoms with Crippen molar-refractivity contribution >= 4 is 28.6 Å². The van der Waals surface area contributed by atoms with E-state index in [1.807, 2.05) is 0 Å². The van der Waals surface area contributed by atoms with Crippen LogP contribution in [0.15, 0.2) is 18.3 Å². The maximum Gasteiger partial charge on any atom is 0.138 e. The number of rotatable bonds is 1. The van der Waals surface area contributed by atoms with Gasteiger partial charge in [0, 0.05) is 11.6 Å². The molecule has 0 radical (unpaired) electrons. The molecule has 0 bridgehead atoms. The quantitative estimate of drug-likeness (QED) is 0.724. The molecule has 0 amide bonds. The van der Waals surface area contributed by atoms with Gasteiger partial charge in [0.25, 0.3) is 0 Å². The van der Waals surface area contributed by atoms with E-state index in [1.54, 1.807) is 12.3 Å². The van der Waals surface area contributed by atoms with Crippen molar-refractivity contribution in [1.82, 2.24) is 9.97 Å². The van der Waals surface area contributed by atoms with E-state index in [2.05, 4.69) is 9.97 Å². The first kappa shape index (κ1) is 8.07. The Bertz CT molecular complexity index is 478. The van der Waals surface area contributed by atoms with E-state index in [-0.39, 0.29) is 10.7 Å². The minimum absolute atomic E-state index is 0.0899. The Morgan fingerprint density at radius 1 is 1.62 bits per heavy atom. The number of carboxylic acid groups (broad SMARTS) is 1. The van der Waals surface area contributed by atoms with E-state index in [1.165, 1.54) is 6.07 Å². The summed E-state index contributed by atoms with van der Waals surface area (Å²) in [6.07, 6.45) is 1.66. The van der Waals surface area contributed by atoms with Gasteiger partial charge in [0.1, 0.15) is 11.3 Å². The van der Waals surface area contributed by atoms with E-state index < -0.39 is 5.97 Å². The van der Waals surface area contributed by atoms with Gasteiger partial charge in [0.2, 0.25) is 0 Å². The van der Waals surface area contributed by atoms with E-state index in [9.17, 15) is 9.90 Å². The number of pyridine rings is 1. The van der Waals surface area contributed by atoms with Crippen molar-refractivity contribution in [2.75, 3.05) is 0 Å². The molecule has 0 atom stereocenters. The van der Waals surface area contributed by atoms with Gasteiger partial charge in [-0.2, -0.15) is 0 Å². The molecule has 0 saturated carbocycles. The Balaban J connectivity index is 2.76. The summed E-state index contributed by atoms with van der Waals surface area (Å²) in [5, 5.41) is 11.4. The number of aromatic carboxylic acids is 1. The number of halogens is 1. The van der Waals surface area contributed by atoms with Crippen molar-refractivity contribution in [1.29, 1.82) is 0 Å². The topological polar surface area (TPSA) is 68.8 Å². The number of carbonyl (C=O) groups is 1. The maximum absolute atomic E-state index is 10.5. The number of nitrogens with zero attached hydrogens (tertiary/aromatic N) is 1. The Hall–Kier alpha value is -1.55. The fourth-order valence-corrected chi connectivity index (χ4v) is 1.34. The second kappa shape index (κ2) is 2.74. The third-order valence-corrected chi connectivity index (χ3v) is 1.97. The van der Waals surface area contributed by atoms with Crippen LogP contribution in [0.4, 0.5) is 0 Å². The third kappa shape index (κ3) is 1.25. The van der Waals surface area contributed by atoms with Crippen LogP contribution in [0.1, 0.15) is 10.5 Å². The second-order valence-corrected chi connectivity index (χ2v) is 2.93. The van der Waals surface area contributed by atoms with E-state index in [0.29, 0.717) is 5.65 Å². The molecule has 0 aromatic carbocycles. The van der Waals surface area contributed by atoms with Crippen LogP contribution in [0.25, 0.3) is 11.0 Å². The number of fused-ring (bicyclic) bond motifs is 1. The Kier molecular flexibility index (Phi) is 1.70. The predicted molar refractivity (Wildman–Crippen MR) is 45.4 cm³/mol. The molecule has 2 aromatic rings. The molecule has 0 aliphatic rings. The van der Waals surface area contributed by atoms with Gasteiger partial charge >= 0.3 is 0 Å². The van der Waals surface area contributed by atoms with Crippen LogP contribution in [-0.2, 0) is 0 Å². The van der Waals surface area contributed by atoms with Crippen LogP contribution < -0.4 is 5.11 Å². The first-order chi connectivity index (χ1) is 6.18. The molecule has 1 N–H and O–H groups in total. The first-order valence-corrected chi connectivity index (χ1v) is 3.91. The molecule has 4 nitrogen and oxygen atoms in total. The molecule has 2 rings (SSSR count). The van der Waals surface area contributed by atoms with Gasteiger partial charge in [-0.1, -0.05) is 11.6 Å². The summed E-state index contributed by atoms with van der Waals surface area (Å²) in [5.74, 6) is -1.37. The van der Waals surface area contributed by atoms with Gasteiger partial charge < -0.3 is 14.9 Å². The lowest BCUT2D eigenvalue weighted by Crippen LogP contribution is -2.24. The summed E-state index contributed by atoms with van der Waals surface area (Å²) >= 11 is 5.66. The smallest absolute Gasteiger partial charge is 0.138 e. The predicted octanol–water partition coefficient (Wildman–Crippen LogP) is 0.580. The summed E-state index contributed by atoms with van der Waals surface area (Å²) in [6.45, 7) is 0. The van der Waals surface area contributed by atoms with Crippen LogP contribution in [0.3, 0.4) is 0 Å². The molecule has 2 aromatic heterocycles. The lowest BCUT2D eigenvalue weighted by atomic mass is 10.3. The van der Waals surface area contributed by atoms with Crippen LogP contribution >= 0.6 is 11.6 Å². The fraction of sp³-hybridized carbons (Fsp3) is 0. The molecule has 5 heteroatoms. The average molecular weight is 196 g/mol. The summed E-state index contributed by atoms with van der Waals surface area (Å²) in [7, 11) is 0. The molecule has 0 aliphatic heterocycles. The lowest BCUT2D eigenvalue weighted by molar-refractivity contribution is -0.255. The Labute approximate surface area is 78.2 Å². The summed E-state index contributed by atoms with van der Waals surface area (Å²) < 4.78 is 0. The maximum atomic E-state index is 10.5. The van der Waals surface area contributed by atoms with Crippen LogP contribution in [0.5, 0.6) is 0 Å². The zero-order chi connectivity index (χ0) is 9.42. The fourth-order valence-electron chi connectivity index (χ4n) is 1.10. The molecule has 66 valence electrons. The van der Waals surface area contributed by atoms with Crippen molar-refractivity contribution < 1.29 is 9.90 Å². The van der Waals surface area contributed by atoms with Crippen molar-refractivity contribution in [3.63, 3.8) is 0 Å². The summed E-state index contributed by atoms with van der Waals surface area (Å²) in [5.41, 5.74) is 0.250. The molecule has 2 heterocycles. The highest BCUT2D eigenvalue weighted by Gasteiger charge is 2.05. The molecule has 0 saturated heterocycles. The van der Waals surface area contributed by atoms with Gasteiger partial charge in [0.15, 0.2) is 0 Å². The molecule has 0 aliphatic carbocycles. The molecule has 0 unspecified atom stereocenters. The van der Waals surface area contributed by atoms with Gasteiger partial charge in [-0.25, -0.2) is 4.98 Å². The number of aromatic amines is 1. The van der Waals surface area contributed by atoms with Crippen molar-refractivity contribution in [2.45, 2.75) is 0 Å². The highest BCUT2D eigenvalue weighted by molar-refractivity contribution is 6.33. The first-order valence-electron chi connectivity index (χ1n) is 3.53. The SMILES string of the molecule is O=C([O-])c1nc2[nH]ccc2cc1Cl. The minimum atomic E-state index is -1.37. The van der Waals surface area contributed by atoms with Gasteiger partial charge in [-0.05, 0) is 12.1 Å². The standard InChI is InChI=1S/C8H5ClN2O2/c9-5-3-4-1-2-10-7(4)11-6(5)8(12)13/h1-3H,(H,10,11)(H,12,13)/p-1. The van der Waals surface area contributed by atoms with Gasteiger partial charge in [0.05, 0.1) is 11.0 Å². The molecular weight excluding hydrogens is 192 g/mol. The lowest BCUT2D eigenvalue weighted by Gasteiger charge is -2.03. The monoisotopic (exact) mass is 195 g/mol. The van der Waals surface area contributed by atoms with Crippen molar-refractivity contribution in [2.24, 2.45) is 0 Å². The molecule has 0 spiro atoms. The van der Waals surface area contributed by atoms with Crippen LogP contribution in [-0.4, -0.2) is 15.9 Å². The highest BCUT2D eigenvalue weighted by atomic mass is 35.5. The second-order valence-electron chi connectivity index (χ2n) is 2.52. The minimum Gasteiger partial charge on any atom is -0.543 e. The van der Waals surface area contributed by atoms with Crippen molar-refractivity contribution in [3.8, 4) is 0 Å². The van der Waals surface area contributed by atoms with E-state index in [4.69, 9.17) is 11.6 Å². The molecular formula is C8H4ClN2O2-. The van der Waals surface area contributed by atoms with Gasteiger partial charge in [-0.15, -0.1) is 0 Å². The number of hydrogen-bond donors (Lipinski definition) is 1. The number of H-pyrrole nitrogens is 1. The van der Waals surface area contributed by atoms with Crippen LogP contribution in [0.2, 0.25) is 5.02 Å². The zero-order valence-corrected chi connectivity index (χ0v) is 7.13. The summed E-state index contributed by atoms with van der Waals surface area (Å²) in [4.78, 5) is 17.1. The number of nitrogens with one attached hydrogen (secondary N) is 1. The number of hydrogen-bond acceptors (Lipinski definition) is 3. The Morgan fingerprint density at radius 2 is 2.38 bits per heavy atom. The van der Waals surface area contributed by atoms with Crippen LogP contribution in [0, 0.1) is 0 Å². The summed E-state index contributed by atoms with van der Waals surface area (Å²) in [6, 6.07) is 3.29. The largest absolute Gasteiger partial charge is 0.543 e. The van der Waals surface area contributed by atoms with E-state index in [0.717, 1.165) is 5.39 Å². The van der Waals surface area contributed by atoms with Gasteiger partial charge in [-0.3, -0.25) is 0 Å². The van der Waals surface area contributed by atoms with E-state index >= 15 is 0 Å². The number of aromatic nitrogens is 2. The molecule has 0 fully saturated rings.